The lowest BCUT2D eigenvalue weighted by Crippen LogP contribution is -1.94. The number of aryl methyl sites for hydroxylation is 1. The summed E-state index contributed by atoms with van der Waals surface area (Å²) in [6.07, 6.45) is 0. The molecule has 0 atom stereocenters. The van der Waals surface area contributed by atoms with Crippen molar-refractivity contribution in [3.8, 4) is 0 Å². The van der Waals surface area contributed by atoms with Crippen LogP contribution in [0.4, 0.5) is 17.1 Å². The molecule has 0 aromatic heterocycles. The molecule has 2 aromatic rings. The van der Waals surface area contributed by atoms with Gasteiger partial charge in [-0.2, -0.15) is 0 Å². The molecule has 0 aliphatic heterocycles. The van der Waals surface area contributed by atoms with Gasteiger partial charge in [0.25, 0.3) is 0 Å². The summed E-state index contributed by atoms with van der Waals surface area (Å²) in [5.41, 5.74) is 8.98. The summed E-state index contributed by atoms with van der Waals surface area (Å²) in [5, 5.41) is 4.21. The summed E-state index contributed by atoms with van der Waals surface area (Å²) in [6.45, 7) is 2.03. The predicted molar refractivity (Wildman–Crippen MR) is 75.3 cm³/mol. The van der Waals surface area contributed by atoms with Gasteiger partial charge in [-0.1, -0.05) is 35.3 Å². The smallest absolute Gasteiger partial charge is 0.0764 e. The molecule has 17 heavy (non-hydrogen) atoms. The van der Waals surface area contributed by atoms with Crippen molar-refractivity contribution in [1.29, 1.82) is 0 Å². The molecule has 0 amide bonds. The molecule has 2 nitrogen and oxygen atoms in total. The summed E-state index contributed by atoms with van der Waals surface area (Å²) in [6, 6.07) is 11.3. The van der Waals surface area contributed by atoms with Gasteiger partial charge in [-0.05, 0) is 36.8 Å². The van der Waals surface area contributed by atoms with Crippen LogP contribution >= 0.6 is 23.2 Å². The average Bonchev–Trinajstić information content (AvgIpc) is 2.23. The van der Waals surface area contributed by atoms with E-state index in [-0.39, 0.29) is 0 Å². The third-order valence-corrected chi connectivity index (χ3v) is 2.95. The maximum absolute atomic E-state index is 6.10. The normalized spacial score (nSPS) is 10.3. The van der Waals surface area contributed by atoms with Crippen molar-refractivity contribution in [2.75, 3.05) is 11.1 Å². The van der Waals surface area contributed by atoms with E-state index in [0.29, 0.717) is 21.4 Å². The third kappa shape index (κ3) is 2.84. The van der Waals surface area contributed by atoms with E-state index in [1.807, 2.05) is 31.2 Å². The Morgan fingerprint density at radius 1 is 1.06 bits per heavy atom. The van der Waals surface area contributed by atoms with E-state index >= 15 is 0 Å². The molecular weight excluding hydrogens is 255 g/mol. The van der Waals surface area contributed by atoms with E-state index in [9.17, 15) is 0 Å². The maximum Gasteiger partial charge on any atom is 0.0764 e. The first kappa shape index (κ1) is 12.1. The zero-order valence-electron chi connectivity index (χ0n) is 9.30. The van der Waals surface area contributed by atoms with Gasteiger partial charge in [-0.3, -0.25) is 0 Å². The van der Waals surface area contributed by atoms with Gasteiger partial charge >= 0.3 is 0 Å². The summed E-state index contributed by atoms with van der Waals surface area (Å²) in [7, 11) is 0. The van der Waals surface area contributed by atoms with E-state index in [4.69, 9.17) is 28.9 Å². The number of nitrogens with two attached hydrogens (primary N) is 1. The fourth-order valence-corrected chi connectivity index (χ4v) is 2.18. The van der Waals surface area contributed by atoms with Gasteiger partial charge < -0.3 is 11.1 Å². The third-order valence-electron chi connectivity index (χ3n) is 2.35. The first-order valence-corrected chi connectivity index (χ1v) is 5.90. The lowest BCUT2D eigenvalue weighted by Gasteiger charge is -2.11. The van der Waals surface area contributed by atoms with Crippen molar-refractivity contribution in [3.05, 3.63) is 52.0 Å². The van der Waals surface area contributed by atoms with Crippen LogP contribution in [0.3, 0.4) is 0 Å². The van der Waals surface area contributed by atoms with Crippen LogP contribution in [0.15, 0.2) is 36.4 Å². The van der Waals surface area contributed by atoms with Crippen molar-refractivity contribution in [1.82, 2.24) is 0 Å². The maximum atomic E-state index is 6.10. The van der Waals surface area contributed by atoms with Gasteiger partial charge in [-0.25, -0.2) is 0 Å². The highest BCUT2D eigenvalue weighted by Crippen LogP contribution is 2.35. The van der Waals surface area contributed by atoms with Crippen molar-refractivity contribution in [2.45, 2.75) is 6.92 Å². The van der Waals surface area contributed by atoms with Gasteiger partial charge in [0.1, 0.15) is 0 Å². The van der Waals surface area contributed by atoms with Gasteiger partial charge in [0.2, 0.25) is 0 Å². The number of rotatable bonds is 2. The molecule has 0 spiro atoms. The van der Waals surface area contributed by atoms with E-state index in [1.54, 1.807) is 12.1 Å². The number of anilines is 3. The van der Waals surface area contributed by atoms with Crippen molar-refractivity contribution >= 4 is 40.3 Å². The van der Waals surface area contributed by atoms with Gasteiger partial charge in [-0.15, -0.1) is 0 Å². The summed E-state index contributed by atoms with van der Waals surface area (Å²) in [5.74, 6) is 0. The van der Waals surface area contributed by atoms with Crippen LogP contribution in [-0.4, -0.2) is 0 Å². The quantitative estimate of drug-likeness (QED) is 0.778. The molecule has 0 aliphatic carbocycles. The van der Waals surface area contributed by atoms with Crippen LogP contribution in [0.5, 0.6) is 0 Å². The zero-order chi connectivity index (χ0) is 12.4. The van der Waals surface area contributed by atoms with E-state index in [2.05, 4.69) is 5.32 Å². The molecule has 0 saturated heterocycles. The Balaban J connectivity index is 2.36. The van der Waals surface area contributed by atoms with E-state index in [0.717, 1.165) is 11.3 Å². The molecule has 88 valence electrons. The molecule has 0 fully saturated rings. The summed E-state index contributed by atoms with van der Waals surface area (Å²) >= 11 is 12.2. The highest BCUT2D eigenvalue weighted by molar-refractivity contribution is 6.39. The second kappa shape index (κ2) is 4.86. The molecule has 0 unspecified atom stereocenters. The standard InChI is InChI=1S/C13H12Cl2N2/c1-8-3-2-4-10(5-8)17-13-11(14)6-9(16)7-12(13)15/h2-7,17H,16H2,1H3. The Kier molecular flexibility index (Phi) is 3.46. The molecule has 0 heterocycles. The number of hydrogen-bond donors (Lipinski definition) is 2. The minimum atomic E-state index is 0.511. The number of nitrogens with one attached hydrogen (secondary N) is 1. The molecule has 0 aliphatic rings. The Morgan fingerprint density at radius 2 is 1.71 bits per heavy atom. The van der Waals surface area contributed by atoms with Crippen molar-refractivity contribution in [2.24, 2.45) is 0 Å². The SMILES string of the molecule is Cc1cccc(Nc2c(Cl)cc(N)cc2Cl)c1. The molecule has 0 radical (unpaired) electrons. The van der Waals surface area contributed by atoms with Crippen LogP contribution in [0, 0.1) is 6.92 Å². The molecule has 3 N–H and O–H groups in total. The summed E-state index contributed by atoms with van der Waals surface area (Å²) < 4.78 is 0. The Bertz CT molecular complexity index is 530. The van der Waals surface area contributed by atoms with Crippen LogP contribution in [0.1, 0.15) is 5.56 Å². The monoisotopic (exact) mass is 266 g/mol. The largest absolute Gasteiger partial charge is 0.399 e. The second-order valence-corrected chi connectivity index (χ2v) is 4.67. The van der Waals surface area contributed by atoms with Crippen LogP contribution in [-0.2, 0) is 0 Å². The fourth-order valence-electron chi connectivity index (χ4n) is 1.58. The molecule has 2 rings (SSSR count). The zero-order valence-corrected chi connectivity index (χ0v) is 10.8. The topological polar surface area (TPSA) is 38.0 Å². The molecular formula is C13H12Cl2N2. The van der Waals surface area contributed by atoms with Crippen LogP contribution in [0.2, 0.25) is 10.0 Å². The number of benzene rings is 2. The second-order valence-electron chi connectivity index (χ2n) is 3.85. The van der Waals surface area contributed by atoms with Crippen molar-refractivity contribution < 1.29 is 0 Å². The number of nitrogen functional groups attached to an aromatic ring is 1. The van der Waals surface area contributed by atoms with E-state index in [1.165, 1.54) is 0 Å². The van der Waals surface area contributed by atoms with Gasteiger partial charge in [0, 0.05) is 11.4 Å². The molecule has 0 saturated carbocycles. The Hall–Kier alpha value is -1.38. The average molecular weight is 267 g/mol. The Morgan fingerprint density at radius 3 is 2.29 bits per heavy atom. The van der Waals surface area contributed by atoms with E-state index < -0.39 is 0 Å². The lowest BCUT2D eigenvalue weighted by atomic mass is 10.2. The molecule has 0 bridgehead atoms. The lowest BCUT2D eigenvalue weighted by molar-refractivity contribution is 1.45. The minimum absolute atomic E-state index is 0.511. The highest BCUT2D eigenvalue weighted by atomic mass is 35.5. The predicted octanol–water partition coefficient (Wildman–Crippen LogP) is 4.63. The number of hydrogen-bond acceptors (Lipinski definition) is 2. The molecule has 4 heteroatoms. The number of halogens is 2. The van der Waals surface area contributed by atoms with Crippen molar-refractivity contribution in [3.63, 3.8) is 0 Å². The fraction of sp³-hybridized carbons (Fsp3) is 0.0769. The Labute approximate surface area is 110 Å². The molecule has 2 aromatic carbocycles. The van der Waals surface area contributed by atoms with Crippen LogP contribution in [0.25, 0.3) is 0 Å². The van der Waals surface area contributed by atoms with Crippen LogP contribution < -0.4 is 11.1 Å². The van der Waals surface area contributed by atoms with Gasteiger partial charge in [0.05, 0.1) is 15.7 Å². The first-order chi connectivity index (χ1) is 8.06. The highest BCUT2D eigenvalue weighted by Gasteiger charge is 2.07. The minimum Gasteiger partial charge on any atom is -0.399 e. The van der Waals surface area contributed by atoms with Gasteiger partial charge in [0.15, 0.2) is 0 Å². The first-order valence-electron chi connectivity index (χ1n) is 5.14. The summed E-state index contributed by atoms with van der Waals surface area (Å²) in [4.78, 5) is 0.